The van der Waals surface area contributed by atoms with Gasteiger partial charge in [-0.1, -0.05) is 6.07 Å². The largest absolute Gasteiger partial charge is 0.379 e. The molecule has 25 heavy (non-hydrogen) atoms. The standard InChI is InChI=1S/C18H22N4O3/c1-12(2)25-10-6-8-19-17(23)14-11-13-16(21(14)3)20-15-7-4-5-9-22(15)18(13)24/h4-5,7,9,11-12H,6,8,10H2,1-3H3,(H,19,23). The summed E-state index contributed by atoms with van der Waals surface area (Å²) >= 11 is 0. The van der Waals surface area contributed by atoms with Crippen LogP contribution in [-0.2, 0) is 11.8 Å². The molecule has 0 aliphatic heterocycles. The predicted octanol–water partition coefficient (Wildman–Crippen LogP) is 1.73. The molecule has 132 valence electrons. The van der Waals surface area contributed by atoms with Gasteiger partial charge in [0.15, 0.2) is 0 Å². The van der Waals surface area contributed by atoms with Crippen molar-refractivity contribution >= 4 is 22.6 Å². The van der Waals surface area contributed by atoms with Crippen molar-refractivity contribution in [2.24, 2.45) is 7.05 Å². The second kappa shape index (κ2) is 7.06. The van der Waals surface area contributed by atoms with E-state index in [1.807, 2.05) is 19.9 Å². The van der Waals surface area contributed by atoms with Crippen LogP contribution in [0.15, 0.2) is 35.3 Å². The first-order valence-electron chi connectivity index (χ1n) is 8.35. The van der Waals surface area contributed by atoms with Crippen LogP contribution in [0.3, 0.4) is 0 Å². The number of nitrogens with zero attached hydrogens (tertiary/aromatic N) is 3. The molecule has 0 saturated heterocycles. The highest BCUT2D eigenvalue weighted by Gasteiger charge is 2.17. The number of aromatic nitrogens is 3. The van der Waals surface area contributed by atoms with Crippen molar-refractivity contribution in [1.29, 1.82) is 0 Å². The number of amides is 1. The number of pyridine rings is 1. The summed E-state index contributed by atoms with van der Waals surface area (Å²) in [6, 6.07) is 6.97. The Bertz CT molecular complexity index is 972. The lowest BCUT2D eigenvalue weighted by Crippen LogP contribution is -2.27. The van der Waals surface area contributed by atoms with Gasteiger partial charge in [-0.25, -0.2) is 4.98 Å². The van der Waals surface area contributed by atoms with Crippen LogP contribution >= 0.6 is 0 Å². The Labute approximate surface area is 145 Å². The topological polar surface area (TPSA) is 77.6 Å². The molecule has 1 N–H and O–H groups in total. The van der Waals surface area contributed by atoms with E-state index in [0.717, 1.165) is 6.42 Å². The molecule has 7 heteroatoms. The van der Waals surface area contributed by atoms with Gasteiger partial charge < -0.3 is 14.6 Å². The van der Waals surface area contributed by atoms with Gasteiger partial charge in [0.1, 0.15) is 17.0 Å². The Morgan fingerprint density at radius 2 is 2.16 bits per heavy atom. The van der Waals surface area contributed by atoms with Crippen LogP contribution in [0, 0.1) is 0 Å². The molecule has 0 saturated carbocycles. The first-order chi connectivity index (χ1) is 12.0. The molecule has 0 fully saturated rings. The number of ether oxygens (including phenoxy) is 1. The third-order valence-electron chi connectivity index (χ3n) is 4.00. The molecule has 0 bridgehead atoms. The van der Waals surface area contributed by atoms with Crippen molar-refractivity contribution in [2.45, 2.75) is 26.4 Å². The second-order valence-corrected chi connectivity index (χ2v) is 6.20. The summed E-state index contributed by atoms with van der Waals surface area (Å²) in [5.74, 6) is -0.224. The Balaban J connectivity index is 1.84. The van der Waals surface area contributed by atoms with E-state index < -0.39 is 0 Å². The molecule has 3 heterocycles. The first-order valence-corrected chi connectivity index (χ1v) is 8.35. The average Bonchev–Trinajstić information content (AvgIpc) is 2.92. The maximum absolute atomic E-state index is 12.6. The highest BCUT2D eigenvalue weighted by Crippen LogP contribution is 2.14. The Hall–Kier alpha value is -2.67. The molecule has 3 rings (SSSR count). The van der Waals surface area contributed by atoms with Crippen molar-refractivity contribution in [3.8, 4) is 0 Å². The zero-order valence-electron chi connectivity index (χ0n) is 14.7. The number of carbonyl (C=O) groups is 1. The summed E-state index contributed by atoms with van der Waals surface area (Å²) in [6.07, 6.45) is 2.59. The lowest BCUT2D eigenvalue weighted by molar-refractivity contribution is 0.0756. The van der Waals surface area contributed by atoms with Crippen LogP contribution in [0.2, 0.25) is 0 Å². The van der Waals surface area contributed by atoms with E-state index in [1.165, 1.54) is 4.40 Å². The third-order valence-corrected chi connectivity index (χ3v) is 4.00. The van der Waals surface area contributed by atoms with E-state index in [1.54, 1.807) is 36.0 Å². The maximum atomic E-state index is 12.6. The maximum Gasteiger partial charge on any atom is 0.267 e. The highest BCUT2D eigenvalue weighted by atomic mass is 16.5. The average molecular weight is 342 g/mol. The number of fused-ring (bicyclic) bond motifs is 2. The van der Waals surface area contributed by atoms with Crippen molar-refractivity contribution in [3.63, 3.8) is 0 Å². The van der Waals surface area contributed by atoms with Crippen molar-refractivity contribution in [3.05, 3.63) is 46.5 Å². The molecule has 0 aliphatic rings. The number of rotatable bonds is 6. The monoisotopic (exact) mass is 342 g/mol. The van der Waals surface area contributed by atoms with E-state index in [9.17, 15) is 9.59 Å². The summed E-state index contributed by atoms with van der Waals surface area (Å²) in [6.45, 7) is 5.07. The molecular formula is C18H22N4O3. The minimum Gasteiger partial charge on any atom is -0.379 e. The van der Waals surface area contributed by atoms with E-state index in [4.69, 9.17) is 4.74 Å². The predicted molar refractivity (Wildman–Crippen MR) is 96.0 cm³/mol. The van der Waals surface area contributed by atoms with Gasteiger partial charge in [-0.05, 0) is 38.5 Å². The molecule has 0 aliphatic carbocycles. The normalized spacial score (nSPS) is 11.5. The summed E-state index contributed by atoms with van der Waals surface area (Å²) in [7, 11) is 1.74. The van der Waals surface area contributed by atoms with E-state index in [-0.39, 0.29) is 17.6 Å². The number of hydrogen-bond acceptors (Lipinski definition) is 4. The van der Waals surface area contributed by atoms with Crippen LogP contribution in [0.4, 0.5) is 0 Å². The summed E-state index contributed by atoms with van der Waals surface area (Å²) in [5, 5.41) is 3.29. The van der Waals surface area contributed by atoms with Crippen LogP contribution < -0.4 is 10.9 Å². The summed E-state index contributed by atoms with van der Waals surface area (Å²) < 4.78 is 8.59. The van der Waals surface area contributed by atoms with Gasteiger partial charge in [0.25, 0.3) is 11.5 Å². The minimum atomic E-state index is -0.224. The lowest BCUT2D eigenvalue weighted by Gasteiger charge is -2.08. The fraction of sp³-hybridized carbons (Fsp3) is 0.389. The van der Waals surface area contributed by atoms with Gasteiger partial charge in [-0.15, -0.1) is 0 Å². The molecule has 0 aromatic carbocycles. The Morgan fingerprint density at radius 3 is 2.92 bits per heavy atom. The molecular weight excluding hydrogens is 320 g/mol. The Morgan fingerprint density at radius 1 is 1.36 bits per heavy atom. The van der Waals surface area contributed by atoms with Gasteiger partial charge in [0.05, 0.1) is 11.5 Å². The van der Waals surface area contributed by atoms with Crippen molar-refractivity contribution in [1.82, 2.24) is 19.3 Å². The number of aryl methyl sites for hydroxylation is 1. The van der Waals surface area contributed by atoms with Gasteiger partial charge >= 0.3 is 0 Å². The van der Waals surface area contributed by atoms with Crippen LogP contribution in [-0.4, -0.2) is 39.1 Å². The van der Waals surface area contributed by atoms with Crippen molar-refractivity contribution < 1.29 is 9.53 Å². The van der Waals surface area contributed by atoms with Gasteiger partial charge in [0, 0.05) is 26.4 Å². The van der Waals surface area contributed by atoms with Gasteiger partial charge in [-0.3, -0.25) is 14.0 Å². The number of hydrogen-bond donors (Lipinski definition) is 1. The third kappa shape index (κ3) is 3.41. The lowest BCUT2D eigenvalue weighted by atomic mass is 10.3. The summed E-state index contributed by atoms with van der Waals surface area (Å²) in [5.41, 5.74) is 1.30. The number of carbonyl (C=O) groups excluding carboxylic acids is 1. The molecule has 3 aromatic rings. The molecule has 0 atom stereocenters. The molecule has 0 radical (unpaired) electrons. The van der Waals surface area contributed by atoms with Crippen molar-refractivity contribution in [2.75, 3.05) is 13.2 Å². The van der Waals surface area contributed by atoms with E-state index in [0.29, 0.717) is 35.5 Å². The Kier molecular flexibility index (Phi) is 4.85. The molecule has 7 nitrogen and oxygen atoms in total. The zero-order chi connectivity index (χ0) is 18.0. The second-order valence-electron chi connectivity index (χ2n) is 6.20. The minimum absolute atomic E-state index is 0.180. The van der Waals surface area contributed by atoms with Crippen LogP contribution in [0.25, 0.3) is 16.7 Å². The first kappa shape index (κ1) is 17.2. The molecule has 1 amide bonds. The molecule has 0 unspecified atom stereocenters. The smallest absolute Gasteiger partial charge is 0.267 e. The fourth-order valence-electron chi connectivity index (χ4n) is 2.72. The SMILES string of the molecule is CC(C)OCCCNC(=O)c1cc2c(=O)n3ccccc3nc2n1C. The zero-order valence-corrected chi connectivity index (χ0v) is 14.7. The fourth-order valence-corrected chi connectivity index (χ4v) is 2.72. The summed E-state index contributed by atoms with van der Waals surface area (Å²) in [4.78, 5) is 29.5. The van der Waals surface area contributed by atoms with Gasteiger partial charge in [-0.2, -0.15) is 0 Å². The van der Waals surface area contributed by atoms with Crippen LogP contribution in [0.5, 0.6) is 0 Å². The molecule has 3 aromatic heterocycles. The highest BCUT2D eigenvalue weighted by molar-refractivity contribution is 5.97. The quantitative estimate of drug-likeness (QED) is 0.692. The van der Waals surface area contributed by atoms with Gasteiger partial charge in [0.2, 0.25) is 0 Å². The van der Waals surface area contributed by atoms with Crippen LogP contribution in [0.1, 0.15) is 30.8 Å². The van der Waals surface area contributed by atoms with E-state index >= 15 is 0 Å². The molecule has 0 spiro atoms. The van der Waals surface area contributed by atoms with E-state index in [2.05, 4.69) is 10.3 Å². The number of nitrogens with one attached hydrogen (secondary N) is 1.